The minimum atomic E-state index is -0.886. The van der Waals surface area contributed by atoms with Crippen LogP contribution in [0, 0.1) is 0 Å². The summed E-state index contributed by atoms with van der Waals surface area (Å²) in [7, 11) is 3.16. The molecule has 3 aromatic carbocycles. The first kappa shape index (κ1) is 24.2. The van der Waals surface area contributed by atoms with E-state index in [-0.39, 0.29) is 6.42 Å². The summed E-state index contributed by atoms with van der Waals surface area (Å²) in [4.78, 5) is 15.2. The Morgan fingerprint density at radius 1 is 1.00 bits per heavy atom. The molecule has 0 radical (unpaired) electrons. The smallest absolute Gasteiger partial charge is 0.307 e. The fourth-order valence-corrected chi connectivity index (χ4v) is 4.29. The fraction of sp³-hybridized carbons (Fsp3) is 0.276. The number of carboxylic acids is 1. The van der Waals surface area contributed by atoms with Crippen molar-refractivity contribution in [3.8, 4) is 28.5 Å². The molecule has 4 rings (SSSR count). The van der Waals surface area contributed by atoms with Crippen LogP contribution in [0.5, 0.6) is 17.2 Å². The third-order valence-electron chi connectivity index (χ3n) is 6.41. The van der Waals surface area contributed by atoms with Crippen LogP contribution in [0.15, 0.2) is 60.7 Å². The number of fused-ring (bicyclic) bond motifs is 1. The minimum absolute atomic E-state index is 0.101. The molecule has 182 valence electrons. The average molecular weight is 474 g/mol. The maximum atomic E-state index is 11.8. The van der Waals surface area contributed by atoms with E-state index in [1.165, 1.54) is 5.56 Å². The summed E-state index contributed by atoms with van der Waals surface area (Å²) in [6.07, 6.45) is 0.909. The first-order valence-corrected chi connectivity index (χ1v) is 11.7. The zero-order valence-corrected chi connectivity index (χ0v) is 20.6. The number of rotatable bonds is 10. The molecular weight excluding hydrogens is 442 g/mol. The van der Waals surface area contributed by atoms with Crippen molar-refractivity contribution >= 4 is 16.9 Å². The van der Waals surface area contributed by atoms with Crippen LogP contribution >= 0.6 is 0 Å². The molecule has 0 aliphatic heterocycles. The highest BCUT2D eigenvalue weighted by molar-refractivity contribution is 5.95. The largest absolute Gasteiger partial charge is 0.493 e. The van der Waals surface area contributed by atoms with Gasteiger partial charge in [-0.3, -0.25) is 4.79 Å². The second-order valence-electron chi connectivity index (χ2n) is 8.65. The molecule has 6 nitrogen and oxygen atoms in total. The van der Waals surface area contributed by atoms with Crippen LogP contribution in [-0.2, 0) is 17.8 Å². The van der Waals surface area contributed by atoms with Gasteiger partial charge in [0.05, 0.1) is 26.3 Å². The van der Waals surface area contributed by atoms with Crippen molar-refractivity contribution in [1.29, 1.82) is 0 Å². The van der Waals surface area contributed by atoms with Gasteiger partial charge in [0.2, 0.25) is 5.75 Å². The van der Waals surface area contributed by atoms with E-state index in [0.717, 1.165) is 39.7 Å². The Labute approximate surface area is 205 Å². The summed E-state index contributed by atoms with van der Waals surface area (Å²) in [5.41, 5.74) is 5.35. The molecule has 6 heteroatoms. The summed E-state index contributed by atoms with van der Waals surface area (Å²) < 4.78 is 17.4. The number of hydrogen-bond donors (Lipinski definition) is 2. The van der Waals surface area contributed by atoms with Gasteiger partial charge in [-0.25, -0.2) is 0 Å². The first-order chi connectivity index (χ1) is 16.9. The molecule has 0 aliphatic carbocycles. The van der Waals surface area contributed by atoms with Crippen LogP contribution < -0.4 is 14.2 Å². The Morgan fingerprint density at radius 3 is 2.29 bits per heavy atom. The number of carboxylic acid groups (broad SMARTS) is 1. The van der Waals surface area contributed by atoms with Crippen molar-refractivity contribution in [3.05, 3.63) is 77.4 Å². The van der Waals surface area contributed by atoms with E-state index < -0.39 is 5.97 Å². The van der Waals surface area contributed by atoms with E-state index in [2.05, 4.69) is 31.0 Å². The van der Waals surface area contributed by atoms with E-state index in [9.17, 15) is 9.90 Å². The molecule has 0 amide bonds. The third-order valence-corrected chi connectivity index (χ3v) is 6.41. The maximum Gasteiger partial charge on any atom is 0.307 e. The zero-order valence-electron chi connectivity index (χ0n) is 20.6. The third kappa shape index (κ3) is 5.11. The molecule has 0 spiro atoms. The normalized spacial score (nSPS) is 11.9. The molecule has 0 saturated carbocycles. The standard InChI is InChI=1S/C29H31NO5/c1-5-18(2)20-11-12-24-22(13-20)23(16-27(31)32)28(30-24)21-14-25(33-3)29(26(15-21)34-4)35-17-19-9-7-6-8-10-19/h6-15,18,30H,5,16-17H2,1-4H3,(H,31,32). The van der Waals surface area contributed by atoms with E-state index in [1.54, 1.807) is 14.2 Å². The highest BCUT2D eigenvalue weighted by Gasteiger charge is 2.21. The number of aromatic nitrogens is 1. The molecule has 0 fully saturated rings. The van der Waals surface area contributed by atoms with Crippen LogP contribution in [-0.4, -0.2) is 30.3 Å². The van der Waals surface area contributed by atoms with E-state index >= 15 is 0 Å². The highest BCUT2D eigenvalue weighted by atomic mass is 16.5. The van der Waals surface area contributed by atoms with Gasteiger partial charge in [-0.2, -0.15) is 0 Å². The predicted molar refractivity (Wildman–Crippen MR) is 138 cm³/mol. The summed E-state index contributed by atoms with van der Waals surface area (Å²) in [6.45, 7) is 4.69. The monoisotopic (exact) mass is 473 g/mol. The molecule has 1 atom stereocenters. The number of aliphatic carboxylic acids is 1. The zero-order chi connectivity index (χ0) is 24.9. The number of hydrogen-bond acceptors (Lipinski definition) is 4. The second-order valence-corrected chi connectivity index (χ2v) is 8.65. The fourth-order valence-electron chi connectivity index (χ4n) is 4.29. The second kappa shape index (κ2) is 10.6. The molecule has 0 bridgehead atoms. The molecule has 35 heavy (non-hydrogen) atoms. The summed E-state index contributed by atoms with van der Waals surface area (Å²) in [5, 5.41) is 10.6. The molecule has 2 N–H and O–H groups in total. The van der Waals surface area contributed by atoms with Crippen molar-refractivity contribution in [2.75, 3.05) is 14.2 Å². The molecule has 4 aromatic rings. The summed E-state index contributed by atoms with van der Waals surface area (Å²) in [6, 6.07) is 19.8. The van der Waals surface area contributed by atoms with Gasteiger partial charge in [0.15, 0.2) is 11.5 Å². The lowest BCUT2D eigenvalue weighted by molar-refractivity contribution is -0.136. The Bertz CT molecular complexity index is 1300. The van der Waals surface area contributed by atoms with Crippen LogP contribution in [0.2, 0.25) is 0 Å². The highest BCUT2D eigenvalue weighted by Crippen LogP contribution is 2.43. The van der Waals surface area contributed by atoms with Gasteiger partial charge < -0.3 is 24.3 Å². The minimum Gasteiger partial charge on any atom is -0.493 e. The Morgan fingerprint density at radius 2 is 1.69 bits per heavy atom. The van der Waals surface area contributed by atoms with Crippen molar-refractivity contribution in [1.82, 2.24) is 4.98 Å². The van der Waals surface area contributed by atoms with E-state index in [4.69, 9.17) is 14.2 Å². The lowest BCUT2D eigenvalue weighted by Gasteiger charge is -2.16. The Hall–Kier alpha value is -3.93. The first-order valence-electron chi connectivity index (χ1n) is 11.7. The number of aromatic amines is 1. The van der Waals surface area contributed by atoms with Crippen molar-refractivity contribution in [3.63, 3.8) is 0 Å². The van der Waals surface area contributed by atoms with Gasteiger partial charge in [-0.15, -0.1) is 0 Å². The average Bonchev–Trinajstić information content (AvgIpc) is 3.23. The Balaban J connectivity index is 1.81. The van der Waals surface area contributed by atoms with Crippen LogP contribution in [0.3, 0.4) is 0 Å². The topological polar surface area (TPSA) is 80.8 Å². The van der Waals surface area contributed by atoms with Crippen LogP contribution in [0.4, 0.5) is 0 Å². The number of methoxy groups -OCH3 is 2. The van der Waals surface area contributed by atoms with Crippen LogP contribution in [0.1, 0.15) is 42.9 Å². The SMILES string of the molecule is CCC(C)c1ccc2[nH]c(-c3cc(OC)c(OCc4ccccc4)c(OC)c3)c(CC(=O)O)c2c1. The maximum absolute atomic E-state index is 11.8. The van der Waals surface area contributed by atoms with Gasteiger partial charge in [-0.05, 0) is 53.3 Å². The number of carbonyl (C=O) groups is 1. The van der Waals surface area contributed by atoms with E-state index in [1.807, 2.05) is 48.5 Å². The van der Waals surface area contributed by atoms with Crippen molar-refractivity contribution < 1.29 is 24.1 Å². The number of benzene rings is 3. The molecule has 0 aliphatic rings. The van der Waals surface area contributed by atoms with Crippen molar-refractivity contribution in [2.45, 2.75) is 39.2 Å². The number of ether oxygens (including phenoxy) is 3. The Kier molecular flexibility index (Phi) is 7.30. The summed E-state index contributed by atoms with van der Waals surface area (Å²) in [5.74, 6) is 1.02. The number of nitrogens with one attached hydrogen (secondary N) is 1. The molecule has 1 aromatic heterocycles. The van der Waals surface area contributed by atoms with Gasteiger partial charge in [0, 0.05) is 16.5 Å². The quantitative estimate of drug-likeness (QED) is 0.272. The van der Waals surface area contributed by atoms with Gasteiger partial charge in [0.25, 0.3) is 0 Å². The van der Waals surface area contributed by atoms with Crippen molar-refractivity contribution in [2.24, 2.45) is 0 Å². The molecule has 0 saturated heterocycles. The lowest BCUT2D eigenvalue weighted by atomic mass is 9.95. The van der Waals surface area contributed by atoms with Crippen LogP contribution in [0.25, 0.3) is 22.2 Å². The lowest BCUT2D eigenvalue weighted by Crippen LogP contribution is -2.03. The summed E-state index contributed by atoms with van der Waals surface area (Å²) >= 11 is 0. The molecule has 1 heterocycles. The predicted octanol–water partition coefficient (Wildman–Crippen LogP) is 6.57. The van der Waals surface area contributed by atoms with Gasteiger partial charge in [0.1, 0.15) is 6.61 Å². The van der Waals surface area contributed by atoms with Gasteiger partial charge in [-0.1, -0.05) is 50.2 Å². The molecule has 1 unspecified atom stereocenters. The number of H-pyrrole nitrogens is 1. The molecular formula is C29H31NO5. The van der Waals surface area contributed by atoms with E-state index in [0.29, 0.717) is 29.8 Å². The van der Waals surface area contributed by atoms with Gasteiger partial charge >= 0.3 is 5.97 Å².